The summed E-state index contributed by atoms with van der Waals surface area (Å²) in [6.07, 6.45) is 3.77. The van der Waals surface area contributed by atoms with Crippen molar-refractivity contribution < 1.29 is 4.42 Å². The normalized spacial score (nSPS) is 20.6. The summed E-state index contributed by atoms with van der Waals surface area (Å²) in [5.74, 6) is 0. The molecule has 1 aliphatic heterocycles. The maximum atomic E-state index is 12.7. The van der Waals surface area contributed by atoms with Crippen LogP contribution in [0.2, 0.25) is 0 Å². The summed E-state index contributed by atoms with van der Waals surface area (Å²) in [5.41, 5.74) is 3.24. The summed E-state index contributed by atoms with van der Waals surface area (Å²) in [4.78, 5) is 22.0. The fourth-order valence-electron chi connectivity index (χ4n) is 4.15. The predicted molar refractivity (Wildman–Crippen MR) is 116 cm³/mol. The van der Waals surface area contributed by atoms with Crippen LogP contribution < -0.4 is 10.5 Å². The van der Waals surface area contributed by atoms with Crippen LogP contribution in [-0.4, -0.2) is 46.5 Å². The van der Waals surface area contributed by atoms with Crippen molar-refractivity contribution in [1.82, 2.24) is 14.3 Å². The van der Waals surface area contributed by atoms with Crippen LogP contribution in [0.3, 0.4) is 0 Å². The molecule has 29 heavy (non-hydrogen) atoms. The molecule has 0 unspecified atom stereocenters. The molecule has 0 bridgehead atoms. The van der Waals surface area contributed by atoms with Crippen LogP contribution in [-0.2, 0) is 0 Å². The van der Waals surface area contributed by atoms with E-state index in [4.69, 9.17) is 4.42 Å². The van der Waals surface area contributed by atoms with E-state index in [0.29, 0.717) is 28.9 Å². The number of imidazole rings is 1. The Labute approximate surface area is 169 Å². The maximum absolute atomic E-state index is 12.7. The standard InChI is InChI=1S/C23H24N4O2/c1-15-12-27(13-16(2)25(15)3)18-8-7-17-10-19(23(28)29-21(17)11-18)20-14-26-9-5-4-6-22(26)24-20/h4-11,14-16H,12-13H2,1-3H3/t15-,16+. The predicted octanol–water partition coefficient (Wildman–Crippen LogP) is 3.64. The fourth-order valence-corrected chi connectivity index (χ4v) is 4.15. The molecule has 4 heterocycles. The summed E-state index contributed by atoms with van der Waals surface area (Å²) in [6.45, 7) is 6.39. The summed E-state index contributed by atoms with van der Waals surface area (Å²) >= 11 is 0. The van der Waals surface area contributed by atoms with Gasteiger partial charge in [0.2, 0.25) is 0 Å². The van der Waals surface area contributed by atoms with E-state index in [1.807, 2.05) is 53.2 Å². The maximum Gasteiger partial charge on any atom is 0.345 e. The molecule has 148 valence electrons. The largest absolute Gasteiger partial charge is 0.422 e. The summed E-state index contributed by atoms with van der Waals surface area (Å²) < 4.78 is 7.61. The molecule has 1 aromatic carbocycles. The minimum absolute atomic E-state index is 0.363. The Kier molecular flexibility index (Phi) is 4.17. The van der Waals surface area contributed by atoms with E-state index in [2.05, 4.69) is 41.7 Å². The second kappa shape index (κ2) is 6.74. The van der Waals surface area contributed by atoms with Crippen molar-refractivity contribution in [2.24, 2.45) is 0 Å². The van der Waals surface area contributed by atoms with Crippen molar-refractivity contribution >= 4 is 22.3 Å². The molecule has 0 saturated carbocycles. The van der Waals surface area contributed by atoms with Gasteiger partial charge in [-0.3, -0.25) is 4.90 Å². The lowest BCUT2D eigenvalue weighted by Gasteiger charge is -2.43. The van der Waals surface area contributed by atoms with E-state index in [1.165, 1.54) is 0 Å². The van der Waals surface area contributed by atoms with Crippen molar-refractivity contribution in [2.75, 3.05) is 25.0 Å². The molecule has 1 fully saturated rings. The van der Waals surface area contributed by atoms with Gasteiger partial charge in [-0.1, -0.05) is 6.07 Å². The highest BCUT2D eigenvalue weighted by molar-refractivity contribution is 5.84. The highest BCUT2D eigenvalue weighted by Gasteiger charge is 2.26. The Balaban J connectivity index is 1.53. The number of rotatable bonds is 2. The van der Waals surface area contributed by atoms with Gasteiger partial charge in [-0.25, -0.2) is 9.78 Å². The van der Waals surface area contributed by atoms with E-state index >= 15 is 0 Å². The summed E-state index contributed by atoms with van der Waals surface area (Å²) in [5, 5.41) is 0.899. The quantitative estimate of drug-likeness (QED) is 0.491. The number of pyridine rings is 1. The van der Waals surface area contributed by atoms with E-state index in [0.717, 1.165) is 29.8 Å². The van der Waals surface area contributed by atoms with Gasteiger partial charge in [0, 0.05) is 54.7 Å². The van der Waals surface area contributed by atoms with Gasteiger partial charge in [0.15, 0.2) is 0 Å². The first-order chi connectivity index (χ1) is 14.0. The van der Waals surface area contributed by atoms with Crippen molar-refractivity contribution in [3.8, 4) is 11.3 Å². The molecule has 4 aromatic rings. The van der Waals surface area contributed by atoms with Crippen LogP contribution in [0.5, 0.6) is 0 Å². The molecule has 0 N–H and O–H groups in total. The number of nitrogens with zero attached hydrogens (tertiary/aromatic N) is 4. The molecule has 6 nitrogen and oxygen atoms in total. The van der Waals surface area contributed by atoms with Gasteiger partial charge in [-0.05, 0) is 51.2 Å². The zero-order chi connectivity index (χ0) is 20.1. The average molecular weight is 388 g/mol. The van der Waals surface area contributed by atoms with Crippen LogP contribution in [0.4, 0.5) is 5.69 Å². The van der Waals surface area contributed by atoms with Crippen LogP contribution in [0.1, 0.15) is 13.8 Å². The zero-order valence-corrected chi connectivity index (χ0v) is 16.9. The fraction of sp³-hybridized carbons (Fsp3) is 0.304. The molecule has 2 atom stereocenters. The monoisotopic (exact) mass is 388 g/mol. The molecular weight excluding hydrogens is 364 g/mol. The molecule has 5 rings (SSSR count). The molecule has 0 amide bonds. The van der Waals surface area contributed by atoms with Gasteiger partial charge in [0.1, 0.15) is 11.2 Å². The number of piperazine rings is 1. The Morgan fingerprint density at radius 3 is 2.62 bits per heavy atom. The molecule has 0 aliphatic carbocycles. The van der Waals surface area contributed by atoms with Gasteiger partial charge in [-0.15, -0.1) is 0 Å². The van der Waals surface area contributed by atoms with Gasteiger partial charge >= 0.3 is 5.63 Å². The SMILES string of the molecule is C[C@@H]1CN(c2ccc3cc(-c4cn5ccccc5n4)c(=O)oc3c2)C[C@H](C)N1C. The molecular formula is C23H24N4O2. The first-order valence-corrected chi connectivity index (χ1v) is 9.98. The van der Waals surface area contributed by atoms with E-state index in [1.54, 1.807) is 0 Å². The van der Waals surface area contributed by atoms with Crippen molar-refractivity contribution in [3.05, 3.63) is 65.3 Å². The van der Waals surface area contributed by atoms with Gasteiger partial charge in [-0.2, -0.15) is 0 Å². The first-order valence-electron chi connectivity index (χ1n) is 9.98. The highest BCUT2D eigenvalue weighted by Crippen LogP contribution is 2.27. The van der Waals surface area contributed by atoms with Gasteiger partial charge < -0.3 is 13.7 Å². The second-order valence-electron chi connectivity index (χ2n) is 8.03. The lowest BCUT2D eigenvalue weighted by Crippen LogP contribution is -2.55. The molecule has 0 spiro atoms. The molecule has 1 aliphatic rings. The number of benzene rings is 1. The molecule has 6 heteroatoms. The Morgan fingerprint density at radius 1 is 1.07 bits per heavy atom. The van der Waals surface area contributed by atoms with E-state index < -0.39 is 0 Å². The zero-order valence-electron chi connectivity index (χ0n) is 16.9. The van der Waals surface area contributed by atoms with E-state index in [-0.39, 0.29) is 5.63 Å². The Bertz CT molecular complexity index is 1210. The Hall–Kier alpha value is -3.12. The van der Waals surface area contributed by atoms with Crippen molar-refractivity contribution in [2.45, 2.75) is 25.9 Å². The van der Waals surface area contributed by atoms with Crippen LogP contribution in [0.15, 0.2) is 64.1 Å². The second-order valence-corrected chi connectivity index (χ2v) is 8.03. The molecule has 0 radical (unpaired) electrons. The third-order valence-electron chi connectivity index (χ3n) is 6.08. The number of hydrogen-bond donors (Lipinski definition) is 0. The number of likely N-dealkylation sites (N-methyl/N-ethyl adjacent to an activating group) is 1. The van der Waals surface area contributed by atoms with Crippen LogP contribution in [0.25, 0.3) is 27.9 Å². The van der Waals surface area contributed by atoms with Crippen molar-refractivity contribution in [3.63, 3.8) is 0 Å². The molecule has 1 saturated heterocycles. The summed E-state index contributed by atoms with van der Waals surface area (Å²) in [7, 11) is 2.17. The van der Waals surface area contributed by atoms with Crippen LogP contribution >= 0.6 is 0 Å². The number of fused-ring (bicyclic) bond motifs is 2. The van der Waals surface area contributed by atoms with Crippen molar-refractivity contribution in [1.29, 1.82) is 0 Å². The summed E-state index contributed by atoms with van der Waals surface area (Å²) in [6, 6.07) is 14.7. The third kappa shape index (κ3) is 3.09. The van der Waals surface area contributed by atoms with Gasteiger partial charge in [0.25, 0.3) is 0 Å². The number of aromatic nitrogens is 2. The Morgan fingerprint density at radius 2 is 1.86 bits per heavy atom. The highest BCUT2D eigenvalue weighted by atomic mass is 16.4. The number of hydrogen-bond acceptors (Lipinski definition) is 5. The minimum atomic E-state index is -0.363. The first kappa shape index (κ1) is 17.9. The lowest BCUT2D eigenvalue weighted by atomic mass is 10.1. The lowest BCUT2D eigenvalue weighted by molar-refractivity contribution is 0.170. The van der Waals surface area contributed by atoms with E-state index in [9.17, 15) is 4.79 Å². The minimum Gasteiger partial charge on any atom is -0.422 e. The topological polar surface area (TPSA) is 54.0 Å². The van der Waals surface area contributed by atoms with Gasteiger partial charge in [0.05, 0.1) is 11.3 Å². The average Bonchev–Trinajstić information content (AvgIpc) is 3.14. The smallest absolute Gasteiger partial charge is 0.345 e. The molecule has 3 aromatic heterocycles. The van der Waals surface area contributed by atoms with Crippen LogP contribution in [0, 0.1) is 0 Å². The number of anilines is 1. The third-order valence-corrected chi connectivity index (χ3v) is 6.08.